The molecule has 1 saturated carbocycles. The fourth-order valence-electron chi connectivity index (χ4n) is 2.64. The fourth-order valence-corrected chi connectivity index (χ4v) is 2.64. The second-order valence-electron chi connectivity index (χ2n) is 5.34. The molecule has 0 aliphatic heterocycles. The lowest BCUT2D eigenvalue weighted by Crippen LogP contribution is -2.45. The number of amides is 1. The first-order valence-corrected chi connectivity index (χ1v) is 6.86. The third-order valence-corrected chi connectivity index (χ3v) is 3.65. The Bertz CT molecular complexity index is 305. The number of carbonyl (C=O) groups excluding carboxylic acids is 1. The molecule has 0 heterocycles. The topological polar surface area (TPSA) is 87.7 Å². The van der Waals surface area contributed by atoms with Crippen molar-refractivity contribution in [1.29, 1.82) is 0 Å². The second kappa shape index (κ2) is 7.24. The summed E-state index contributed by atoms with van der Waals surface area (Å²) in [5, 5.41) is 14.7. The molecule has 4 N–H and O–H groups in total. The number of rotatable bonds is 5. The molecule has 3 unspecified atom stereocenters. The van der Waals surface area contributed by atoms with Crippen molar-refractivity contribution in [3.63, 3.8) is 0 Å². The molecule has 3 atom stereocenters. The van der Waals surface area contributed by atoms with Crippen LogP contribution in [0.15, 0.2) is 5.16 Å². The smallest absolute Gasteiger partial charge is 0.231 e. The molecule has 0 saturated heterocycles. The van der Waals surface area contributed by atoms with Gasteiger partial charge in [-0.05, 0) is 25.2 Å². The Morgan fingerprint density at radius 2 is 2.28 bits per heavy atom. The Morgan fingerprint density at radius 1 is 1.56 bits per heavy atom. The molecule has 0 aromatic carbocycles. The van der Waals surface area contributed by atoms with Gasteiger partial charge in [-0.3, -0.25) is 4.79 Å². The predicted molar refractivity (Wildman–Crippen MR) is 71.4 cm³/mol. The molecule has 1 aliphatic rings. The summed E-state index contributed by atoms with van der Waals surface area (Å²) < 4.78 is 0. The van der Waals surface area contributed by atoms with Gasteiger partial charge in [-0.15, -0.1) is 0 Å². The van der Waals surface area contributed by atoms with Gasteiger partial charge in [-0.25, -0.2) is 0 Å². The summed E-state index contributed by atoms with van der Waals surface area (Å²) in [6.07, 6.45) is 5.91. The molecule has 1 rings (SSSR count). The number of hydrogen-bond donors (Lipinski definition) is 3. The van der Waals surface area contributed by atoms with Crippen LogP contribution in [0.25, 0.3) is 0 Å². The van der Waals surface area contributed by atoms with Gasteiger partial charge in [-0.2, -0.15) is 0 Å². The Morgan fingerprint density at radius 3 is 2.83 bits per heavy atom. The van der Waals surface area contributed by atoms with Crippen LogP contribution in [0.2, 0.25) is 0 Å². The Hall–Kier alpha value is -1.26. The van der Waals surface area contributed by atoms with Crippen LogP contribution in [-0.2, 0) is 4.79 Å². The third kappa shape index (κ3) is 4.20. The van der Waals surface area contributed by atoms with Crippen molar-refractivity contribution in [2.24, 2.45) is 22.7 Å². The highest BCUT2D eigenvalue weighted by molar-refractivity contribution is 6.02. The zero-order chi connectivity index (χ0) is 13.5. The maximum Gasteiger partial charge on any atom is 0.231 e. The van der Waals surface area contributed by atoms with Gasteiger partial charge in [0.15, 0.2) is 5.84 Å². The maximum atomic E-state index is 12.1. The lowest BCUT2D eigenvalue weighted by Gasteiger charge is -2.28. The minimum Gasteiger partial charge on any atom is -0.409 e. The molecule has 0 radical (unpaired) electrons. The minimum absolute atomic E-state index is 0.0122. The Kier molecular flexibility index (Phi) is 5.95. The molecule has 104 valence electrons. The van der Waals surface area contributed by atoms with Crippen LogP contribution in [0.3, 0.4) is 0 Å². The van der Waals surface area contributed by atoms with E-state index in [1.54, 1.807) is 0 Å². The summed E-state index contributed by atoms with van der Waals surface area (Å²) in [4.78, 5) is 12.1. The molecule has 1 aliphatic carbocycles. The van der Waals surface area contributed by atoms with Crippen molar-refractivity contribution in [2.45, 2.75) is 58.4 Å². The zero-order valence-electron chi connectivity index (χ0n) is 11.4. The molecule has 5 heteroatoms. The normalized spacial score (nSPS) is 26.7. The predicted octanol–water partition coefficient (Wildman–Crippen LogP) is 1.84. The number of nitrogens with zero attached hydrogens (tertiary/aromatic N) is 1. The van der Waals surface area contributed by atoms with Gasteiger partial charge in [0, 0.05) is 6.04 Å². The van der Waals surface area contributed by atoms with E-state index < -0.39 is 5.92 Å². The maximum absolute atomic E-state index is 12.1. The first kappa shape index (κ1) is 14.8. The average molecular weight is 255 g/mol. The number of hydrogen-bond acceptors (Lipinski definition) is 3. The number of carbonyl (C=O) groups is 1. The van der Waals surface area contributed by atoms with E-state index >= 15 is 0 Å². The highest BCUT2D eigenvalue weighted by Crippen LogP contribution is 2.23. The third-order valence-electron chi connectivity index (χ3n) is 3.65. The molecule has 5 nitrogen and oxygen atoms in total. The molecule has 1 fully saturated rings. The van der Waals surface area contributed by atoms with E-state index in [1.165, 1.54) is 6.42 Å². The van der Waals surface area contributed by atoms with Crippen molar-refractivity contribution < 1.29 is 10.0 Å². The molecule has 18 heavy (non-hydrogen) atoms. The number of amidine groups is 1. The van der Waals surface area contributed by atoms with Crippen molar-refractivity contribution in [3.8, 4) is 0 Å². The van der Waals surface area contributed by atoms with E-state index in [4.69, 9.17) is 10.9 Å². The van der Waals surface area contributed by atoms with Gasteiger partial charge >= 0.3 is 0 Å². The summed E-state index contributed by atoms with van der Waals surface area (Å²) in [5.74, 6) is 0.0687. The van der Waals surface area contributed by atoms with Gasteiger partial charge < -0.3 is 16.3 Å². The summed E-state index contributed by atoms with van der Waals surface area (Å²) in [6.45, 7) is 4.19. The average Bonchev–Trinajstić information content (AvgIpc) is 2.35. The Balaban J connectivity index is 2.55. The standard InChI is InChI=1S/C13H25N3O2/c1-3-5-11(12(14)16-18)13(17)15-10-7-4-6-9(2)8-10/h9-11,18H,3-8H2,1-2H3,(H2,14,16)(H,15,17). The number of nitrogens with two attached hydrogens (primary N) is 1. The van der Waals surface area contributed by atoms with Gasteiger partial charge in [0.2, 0.25) is 5.91 Å². The van der Waals surface area contributed by atoms with Gasteiger partial charge in [0.1, 0.15) is 0 Å². The van der Waals surface area contributed by atoms with Crippen molar-refractivity contribution in [3.05, 3.63) is 0 Å². The van der Waals surface area contributed by atoms with E-state index in [-0.39, 0.29) is 17.8 Å². The summed E-state index contributed by atoms with van der Waals surface area (Å²) in [5.41, 5.74) is 5.58. The summed E-state index contributed by atoms with van der Waals surface area (Å²) in [6, 6.07) is 0.243. The summed E-state index contributed by atoms with van der Waals surface area (Å²) >= 11 is 0. The van der Waals surface area contributed by atoms with E-state index in [1.807, 2.05) is 6.92 Å². The first-order chi connectivity index (χ1) is 8.58. The van der Waals surface area contributed by atoms with Crippen molar-refractivity contribution in [1.82, 2.24) is 5.32 Å². The van der Waals surface area contributed by atoms with Crippen molar-refractivity contribution in [2.75, 3.05) is 0 Å². The molecular formula is C13H25N3O2. The molecule has 0 spiro atoms. The lowest BCUT2D eigenvalue weighted by molar-refractivity contribution is -0.124. The lowest BCUT2D eigenvalue weighted by atomic mass is 9.86. The highest BCUT2D eigenvalue weighted by atomic mass is 16.4. The molecule has 0 aromatic heterocycles. The summed E-state index contributed by atoms with van der Waals surface area (Å²) in [7, 11) is 0. The molecule has 0 aromatic rings. The van der Waals surface area contributed by atoms with Crippen LogP contribution in [0.5, 0.6) is 0 Å². The number of nitrogens with one attached hydrogen (secondary N) is 1. The van der Waals surface area contributed by atoms with Gasteiger partial charge in [0.25, 0.3) is 0 Å². The molecule has 1 amide bonds. The van der Waals surface area contributed by atoms with Crippen LogP contribution in [-0.4, -0.2) is 23.0 Å². The first-order valence-electron chi connectivity index (χ1n) is 6.86. The van der Waals surface area contributed by atoms with E-state index in [0.29, 0.717) is 12.3 Å². The number of oxime groups is 1. The Labute approximate surface area is 109 Å². The van der Waals surface area contributed by atoms with Crippen LogP contribution in [0.4, 0.5) is 0 Å². The SMILES string of the molecule is CCCC(C(=O)NC1CCCC(C)C1)/C(N)=N/O. The quantitative estimate of drug-likeness (QED) is 0.303. The fraction of sp³-hybridized carbons (Fsp3) is 0.846. The monoisotopic (exact) mass is 255 g/mol. The van der Waals surface area contributed by atoms with E-state index in [2.05, 4.69) is 17.4 Å². The van der Waals surface area contributed by atoms with E-state index in [0.717, 1.165) is 25.7 Å². The second-order valence-corrected chi connectivity index (χ2v) is 5.34. The largest absolute Gasteiger partial charge is 0.409 e. The van der Waals surface area contributed by atoms with E-state index in [9.17, 15) is 4.79 Å². The molecular weight excluding hydrogens is 230 g/mol. The van der Waals surface area contributed by atoms with Crippen molar-refractivity contribution >= 4 is 11.7 Å². The van der Waals surface area contributed by atoms with Crippen LogP contribution in [0.1, 0.15) is 52.4 Å². The van der Waals surface area contributed by atoms with Gasteiger partial charge in [0.05, 0.1) is 5.92 Å². The highest BCUT2D eigenvalue weighted by Gasteiger charge is 2.26. The zero-order valence-corrected chi connectivity index (χ0v) is 11.4. The van der Waals surface area contributed by atoms with Crippen LogP contribution < -0.4 is 11.1 Å². The van der Waals surface area contributed by atoms with Crippen LogP contribution >= 0.6 is 0 Å². The van der Waals surface area contributed by atoms with Crippen LogP contribution in [0, 0.1) is 11.8 Å². The minimum atomic E-state index is -0.503. The van der Waals surface area contributed by atoms with Gasteiger partial charge in [-0.1, -0.05) is 38.3 Å². The molecule has 0 bridgehead atoms.